The van der Waals surface area contributed by atoms with Gasteiger partial charge in [0.1, 0.15) is 0 Å². The van der Waals surface area contributed by atoms with Gasteiger partial charge in [-0.1, -0.05) is 6.07 Å². The van der Waals surface area contributed by atoms with Crippen LogP contribution >= 0.6 is 11.3 Å². The van der Waals surface area contributed by atoms with Crippen LogP contribution < -0.4 is 10.0 Å². The van der Waals surface area contributed by atoms with Crippen LogP contribution in [0.25, 0.3) is 0 Å². The van der Waals surface area contributed by atoms with E-state index in [1.54, 1.807) is 18.4 Å². The Bertz CT molecular complexity index is 359. The fourth-order valence-electron chi connectivity index (χ4n) is 1.09. The second-order valence-corrected chi connectivity index (χ2v) is 6.10. The topological polar surface area (TPSA) is 58.2 Å². The predicted molar refractivity (Wildman–Crippen MR) is 63.7 cm³/mol. The van der Waals surface area contributed by atoms with Crippen LogP contribution in [0.15, 0.2) is 17.5 Å². The summed E-state index contributed by atoms with van der Waals surface area (Å²) in [6.07, 6.45) is 0.760. The maximum Gasteiger partial charge on any atom is 0.212 e. The van der Waals surface area contributed by atoms with Crippen molar-refractivity contribution < 1.29 is 8.42 Å². The van der Waals surface area contributed by atoms with Gasteiger partial charge in [-0.2, -0.15) is 0 Å². The highest BCUT2D eigenvalue weighted by Gasteiger charge is 2.07. The van der Waals surface area contributed by atoms with Crippen molar-refractivity contribution in [2.24, 2.45) is 0 Å². The fraction of sp³-hybridized carbons (Fsp3) is 0.556. The lowest BCUT2D eigenvalue weighted by Gasteiger charge is -2.05. The lowest BCUT2D eigenvalue weighted by atomic mass is 10.3. The average molecular weight is 248 g/mol. The second kappa shape index (κ2) is 6.22. The molecule has 0 atom stereocenters. The third-order valence-electron chi connectivity index (χ3n) is 1.89. The normalized spacial score (nSPS) is 11.8. The first kappa shape index (κ1) is 12.6. The molecule has 0 amide bonds. The van der Waals surface area contributed by atoms with E-state index in [2.05, 4.69) is 10.0 Å². The van der Waals surface area contributed by atoms with Gasteiger partial charge >= 0.3 is 0 Å². The summed E-state index contributed by atoms with van der Waals surface area (Å²) < 4.78 is 25.3. The standard InChI is InChI=1S/C9H16N2O2S2/c1-10-6-8-15(12,13)11-5-4-9-3-2-7-14-9/h2-3,7,10-11H,4-6,8H2,1H3. The van der Waals surface area contributed by atoms with Crippen LogP contribution in [-0.2, 0) is 16.4 Å². The highest BCUT2D eigenvalue weighted by Crippen LogP contribution is 2.08. The number of hydrogen-bond acceptors (Lipinski definition) is 4. The summed E-state index contributed by atoms with van der Waals surface area (Å²) in [5, 5.41) is 4.80. The molecule has 0 aromatic carbocycles. The molecule has 0 aliphatic carbocycles. The van der Waals surface area contributed by atoms with Gasteiger partial charge in [-0.25, -0.2) is 13.1 Å². The fourth-order valence-corrected chi connectivity index (χ4v) is 2.83. The first-order valence-electron chi connectivity index (χ1n) is 4.78. The van der Waals surface area contributed by atoms with Crippen molar-refractivity contribution in [1.82, 2.24) is 10.0 Å². The third-order valence-corrected chi connectivity index (χ3v) is 4.22. The maximum absolute atomic E-state index is 11.4. The van der Waals surface area contributed by atoms with Gasteiger partial charge in [0, 0.05) is 18.0 Å². The number of rotatable bonds is 7. The van der Waals surface area contributed by atoms with Crippen molar-refractivity contribution in [2.75, 3.05) is 25.9 Å². The van der Waals surface area contributed by atoms with Crippen LogP contribution in [0, 0.1) is 0 Å². The zero-order valence-corrected chi connectivity index (χ0v) is 10.3. The Balaban J connectivity index is 2.24. The predicted octanol–water partition coefficient (Wildman–Crippen LogP) is 0.429. The summed E-state index contributed by atoms with van der Waals surface area (Å²) in [4.78, 5) is 1.20. The Kier molecular flexibility index (Phi) is 5.24. The van der Waals surface area contributed by atoms with E-state index in [0.717, 1.165) is 6.42 Å². The summed E-state index contributed by atoms with van der Waals surface area (Å²) in [7, 11) is -1.37. The number of thiophene rings is 1. The maximum atomic E-state index is 11.4. The van der Waals surface area contributed by atoms with Crippen LogP contribution in [0.2, 0.25) is 0 Å². The third kappa shape index (κ3) is 5.27. The van der Waals surface area contributed by atoms with E-state index >= 15 is 0 Å². The van der Waals surface area contributed by atoms with Crippen LogP contribution in [-0.4, -0.2) is 34.3 Å². The van der Waals surface area contributed by atoms with Gasteiger partial charge in [-0.3, -0.25) is 0 Å². The molecular formula is C9H16N2O2S2. The van der Waals surface area contributed by atoms with Gasteiger partial charge in [0.25, 0.3) is 0 Å². The molecule has 0 unspecified atom stereocenters. The molecule has 4 nitrogen and oxygen atoms in total. The Hall–Kier alpha value is -0.430. The molecule has 86 valence electrons. The van der Waals surface area contributed by atoms with Crippen molar-refractivity contribution in [3.8, 4) is 0 Å². The zero-order valence-electron chi connectivity index (χ0n) is 8.69. The number of hydrogen-bond donors (Lipinski definition) is 2. The monoisotopic (exact) mass is 248 g/mol. The molecule has 0 bridgehead atoms. The smallest absolute Gasteiger partial charge is 0.212 e. The Morgan fingerprint density at radius 1 is 1.40 bits per heavy atom. The second-order valence-electron chi connectivity index (χ2n) is 3.15. The van der Waals surface area contributed by atoms with E-state index in [-0.39, 0.29) is 5.75 Å². The molecule has 2 N–H and O–H groups in total. The van der Waals surface area contributed by atoms with E-state index < -0.39 is 10.0 Å². The van der Waals surface area contributed by atoms with Gasteiger partial charge < -0.3 is 5.32 Å². The summed E-state index contributed by atoms with van der Waals surface area (Å²) in [6, 6.07) is 3.97. The number of nitrogens with one attached hydrogen (secondary N) is 2. The quantitative estimate of drug-likeness (QED) is 0.736. The SMILES string of the molecule is CNCCS(=O)(=O)NCCc1cccs1. The van der Waals surface area contributed by atoms with Crippen molar-refractivity contribution in [2.45, 2.75) is 6.42 Å². The van der Waals surface area contributed by atoms with E-state index in [1.807, 2.05) is 17.5 Å². The Morgan fingerprint density at radius 2 is 2.20 bits per heavy atom. The van der Waals surface area contributed by atoms with Gasteiger partial charge in [-0.15, -0.1) is 11.3 Å². The minimum atomic E-state index is -3.10. The molecule has 0 aliphatic heterocycles. The van der Waals surface area contributed by atoms with Gasteiger partial charge in [0.05, 0.1) is 5.75 Å². The summed E-state index contributed by atoms with van der Waals surface area (Å²) >= 11 is 1.64. The average Bonchev–Trinajstić information content (AvgIpc) is 2.67. The van der Waals surface area contributed by atoms with Crippen LogP contribution in [0.1, 0.15) is 4.88 Å². The number of sulfonamides is 1. The molecule has 15 heavy (non-hydrogen) atoms. The zero-order chi connectivity index (χ0) is 11.1. The Morgan fingerprint density at radius 3 is 2.80 bits per heavy atom. The van der Waals surface area contributed by atoms with Gasteiger partial charge in [0.2, 0.25) is 10.0 Å². The van der Waals surface area contributed by atoms with Crippen molar-refractivity contribution in [3.05, 3.63) is 22.4 Å². The molecule has 0 aliphatic rings. The highest BCUT2D eigenvalue weighted by atomic mass is 32.2. The highest BCUT2D eigenvalue weighted by molar-refractivity contribution is 7.89. The lowest BCUT2D eigenvalue weighted by molar-refractivity contribution is 0.579. The minimum absolute atomic E-state index is 0.133. The van der Waals surface area contributed by atoms with E-state index in [4.69, 9.17) is 0 Å². The largest absolute Gasteiger partial charge is 0.319 e. The molecule has 0 saturated carbocycles. The van der Waals surface area contributed by atoms with E-state index in [0.29, 0.717) is 13.1 Å². The van der Waals surface area contributed by atoms with Crippen LogP contribution in [0.3, 0.4) is 0 Å². The lowest BCUT2D eigenvalue weighted by Crippen LogP contribution is -2.32. The minimum Gasteiger partial charge on any atom is -0.319 e. The van der Waals surface area contributed by atoms with Crippen molar-refractivity contribution in [3.63, 3.8) is 0 Å². The molecule has 1 heterocycles. The Labute approximate surface area is 94.8 Å². The summed E-state index contributed by atoms with van der Waals surface area (Å²) in [5.74, 6) is 0.133. The molecule has 0 radical (unpaired) electrons. The molecule has 6 heteroatoms. The van der Waals surface area contributed by atoms with Crippen molar-refractivity contribution >= 4 is 21.4 Å². The summed E-state index contributed by atoms with van der Waals surface area (Å²) in [5.41, 5.74) is 0. The first-order chi connectivity index (χ1) is 7.14. The first-order valence-corrected chi connectivity index (χ1v) is 7.31. The molecule has 1 rings (SSSR count). The van der Waals surface area contributed by atoms with Crippen LogP contribution in [0.4, 0.5) is 0 Å². The van der Waals surface area contributed by atoms with Gasteiger partial charge in [0.15, 0.2) is 0 Å². The molecule has 1 aromatic rings. The van der Waals surface area contributed by atoms with E-state index in [9.17, 15) is 8.42 Å². The molecular weight excluding hydrogens is 232 g/mol. The van der Waals surface area contributed by atoms with E-state index in [1.165, 1.54) is 4.88 Å². The molecule has 0 fully saturated rings. The van der Waals surface area contributed by atoms with Gasteiger partial charge in [-0.05, 0) is 24.9 Å². The van der Waals surface area contributed by atoms with Crippen molar-refractivity contribution in [1.29, 1.82) is 0 Å². The molecule has 0 saturated heterocycles. The molecule has 0 spiro atoms. The summed E-state index contributed by atoms with van der Waals surface area (Å²) in [6.45, 7) is 0.959. The van der Waals surface area contributed by atoms with Crippen LogP contribution in [0.5, 0.6) is 0 Å². The molecule has 1 aromatic heterocycles.